The van der Waals surface area contributed by atoms with Crippen molar-refractivity contribution in [3.8, 4) is 5.75 Å². The van der Waals surface area contributed by atoms with E-state index in [9.17, 15) is 4.79 Å². The van der Waals surface area contributed by atoms with Gasteiger partial charge in [0.25, 0.3) is 0 Å². The van der Waals surface area contributed by atoms with Crippen molar-refractivity contribution in [3.63, 3.8) is 0 Å². The minimum Gasteiger partial charge on any atom is -0.484 e. The first kappa shape index (κ1) is 8.93. The van der Waals surface area contributed by atoms with Crippen molar-refractivity contribution in [3.05, 3.63) is 11.9 Å². The van der Waals surface area contributed by atoms with Crippen molar-refractivity contribution in [1.29, 1.82) is 0 Å². The molecule has 1 unspecified atom stereocenters. The molecular weight excluding hydrogens is 184 g/mol. The van der Waals surface area contributed by atoms with Gasteiger partial charge in [-0.1, -0.05) is 0 Å². The van der Waals surface area contributed by atoms with Gasteiger partial charge in [0.1, 0.15) is 6.10 Å². The van der Waals surface area contributed by atoms with E-state index in [0.29, 0.717) is 5.75 Å². The molecule has 2 rings (SSSR count). The Morgan fingerprint density at radius 2 is 2.50 bits per heavy atom. The van der Waals surface area contributed by atoms with Crippen LogP contribution in [0.1, 0.15) is 17.4 Å². The van der Waals surface area contributed by atoms with E-state index in [4.69, 9.17) is 9.84 Å². The predicted octanol–water partition coefficient (Wildman–Crippen LogP) is 0.930. The molecule has 0 fully saturated rings. The van der Waals surface area contributed by atoms with Crippen molar-refractivity contribution in [1.82, 2.24) is 4.98 Å². The monoisotopic (exact) mass is 196 g/mol. The molecule has 14 heavy (non-hydrogen) atoms. The molecule has 0 amide bonds. The SMILES string of the molecule is CC1CN(C)c2c[nH]c(C(=O)O)c2O1. The van der Waals surface area contributed by atoms with E-state index in [1.165, 1.54) is 0 Å². The molecule has 0 aliphatic carbocycles. The molecule has 1 aliphatic heterocycles. The Labute approximate surface area is 81.3 Å². The van der Waals surface area contributed by atoms with Crippen LogP contribution in [0.25, 0.3) is 0 Å². The molecule has 0 saturated carbocycles. The molecule has 1 aromatic heterocycles. The first-order valence-corrected chi connectivity index (χ1v) is 4.42. The number of ether oxygens (including phenoxy) is 1. The number of carbonyl (C=O) groups is 1. The van der Waals surface area contributed by atoms with E-state index in [1.54, 1.807) is 6.20 Å². The highest BCUT2D eigenvalue weighted by Gasteiger charge is 2.27. The molecule has 5 nitrogen and oxygen atoms in total. The summed E-state index contributed by atoms with van der Waals surface area (Å²) in [6.45, 7) is 2.68. The number of carboxylic acid groups (broad SMARTS) is 1. The molecule has 0 bridgehead atoms. The lowest BCUT2D eigenvalue weighted by atomic mass is 10.2. The number of hydrogen-bond donors (Lipinski definition) is 2. The van der Waals surface area contributed by atoms with Crippen LogP contribution in [0.4, 0.5) is 5.69 Å². The van der Waals surface area contributed by atoms with E-state index in [-0.39, 0.29) is 11.8 Å². The maximum Gasteiger partial charge on any atom is 0.356 e. The Balaban J connectivity index is 2.46. The van der Waals surface area contributed by atoms with Crippen molar-refractivity contribution < 1.29 is 14.6 Å². The molecule has 0 radical (unpaired) electrons. The molecule has 1 atom stereocenters. The van der Waals surface area contributed by atoms with Crippen molar-refractivity contribution in [2.24, 2.45) is 0 Å². The van der Waals surface area contributed by atoms with Crippen molar-refractivity contribution in [2.75, 3.05) is 18.5 Å². The molecular formula is C9H12N2O3. The van der Waals surface area contributed by atoms with Gasteiger partial charge in [0.15, 0.2) is 11.4 Å². The van der Waals surface area contributed by atoms with Gasteiger partial charge in [-0.3, -0.25) is 0 Å². The molecule has 1 aliphatic rings. The van der Waals surface area contributed by atoms with E-state index in [0.717, 1.165) is 12.2 Å². The number of aromatic carboxylic acids is 1. The lowest BCUT2D eigenvalue weighted by Gasteiger charge is -2.29. The lowest BCUT2D eigenvalue weighted by molar-refractivity contribution is 0.0683. The number of aromatic amines is 1. The van der Waals surface area contributed by atoms with Crippen LogP contribution in [-0.4, -0.2) is 35.8 Å². The normalized spacial score (nSPS) is 20.1. The molecule has 1 aromatic rings. The molecule has 5 heteroatoms. The third-order valence-electron chi connectivity index (χ3n) is 2.29. The summed E-state index contributed by atoms with van der Waals surface area (Å²) in [5, 5.41) is 8.87. The zero-order chi connectivity index (χ0) is 10.3. The summed E-state index contributed by atoms with van der Waals surface area (Å²) in [6, 6.07) is 0. The van der Waals surface area contributed by atoms with Crippen LogP contribution in [0.2, 0.25) is 0 Å². The fourth-order valence-corrected chi connectivity index (χ4v) is 1.68. The summed E-state index contributed by atoms with van der Waals surface area (Å²) >= 11 is 0. The summed E-state index contributed by atoms with van der Waals surface area (Å²) in [5.41, 5.74) is 0.930. The number of anilines is 1. The van der Waals surface area contributed by atoms with Gasteiger partial charge in [-0.05, 0) is 6.92 Å². The second-order valence-electron chi connectivity index (χ2n) is 3.49. The number of nitrogens with zero attached hydrogens (tertiary/aromatic N) is 1. The van der Waals surface area contributed by atoms with Crippen LogP contribution < -0.4 is 9.64 Å². The maximum atomic E-state index is 10.8. The molecule has 0 saturated heterocycles. The summed E-state index contributed by atoms with van der Waals surface area (Å²) in [7, 11) is 1.91. The van der Waals surface area contributed by atoms with Crippen LogP contribution in [0, 0.1) is 0 Å². The first-order chi connectivity index (χ1) is 6.59. The Morgan fingerprint density at radius 1 is 1.79 bits per heavy atom. The van der Waals surface area contributed by atoms with Gasteiger partial charge >= 0.3 is 5.97 Å². The van der Waals surface area contributed by atoms with Gasteiger partial charge in [-0.2, -0.15) is 0 Å². The van der Waals surface area contributed by atoms with Gasteiger partial charge in [0, 0.05) is 13.2 Å². The van der Waals surface area contributed by atoms with E-state index in [1.807, 2.05) is 18.9 Å². The van der Waals surface area contributed by atoms with Crippen LogP contribution in [0.5, 0.6) is 5.75 Å². The van der Waals surface area contributed by atoms with Crippen molar-refractivity contribution >= 4 is 11.7 Å². The Kier molecular flexibility index (Phi) is 1.87. The Hall–Kier alpha value is -1.65. The molecule has 0 aromatic carbocycles. The molecule has 76 valence electrons. The number of H-pyrrole nitrogens is 1. The van der Waals surface area contributed by atoms with Crippen molar-refractivity contribution in [2.45, 2.75) is 13.0 Å². The number of carboxylic acids is 1. The third kappa shape index (κ3) is 1.21. The highest BCUT2D eigenvalue weighted by molar-refractivity contribution is 5.92. The van der Waals surface area contributed by atoms with Crippen LogP contribution in [-0.2, 0) is 0 Å². The van der Waals surface area contributed by atoms with Crippen LogP contribution in [0.3, 0.4) is 0 Å². The summed E-state index contributed by atoms with van der Waals surface area (Å²) in [6.07, 6.45) is 1.67. The fourth-order valence-electron chi connectivity index (χ4n) is 1.68. The lowest BCUT2D eigenvalue weighted by Crippen LogP contribution is -2.35. The number of hydrogen-bond acceptors (Lipinski definition) is 3. The van der Waals surface area contributed by atoms with E-state index >= 15 is 0 Å². The second kappa shape index (κ2) is 2.94. The van der Waals surface area contributed by atoms with E-state index in [2.05, 4.69) is 4.98 Å². The minimum absolute atomic E-state index is 0.0152. The number of aromatic nitrogens is 1. The molecule has 2 N–H and O–H groups in total. The topological polar surface area (TPSA) is 65.6 Å². The zero-order valence-corrected chi connectivity index (χ0v) is 8.07. The first-order valence-electron chi connectivity index (χ1n) is 4.42. The highest BCUT2D eigenvalue weighted by Crippen LogP contribution is 2.35. The third-order valence-corrected chi connectivity index (χ3v) is 2.29. The molecule has 0 spiro atoms. The summed E-state index contributed by atoms with van der Waals surface area (Å²) in [5.74, 6) is -0.549. The number of rotatable bonds is 1. The quantitative estimate of drug-likeness (QED) is 0.701. The van der Waals surface area contributed by atoms with Gasteiger partial charge in [-0.25, -0.2) is 4.79 Å². The number of nitrogens with one attached hydrogen (secondary N) is 1. The minimum atomic E-state index is -0.992. The fraction of sp³-hybridized carbons (Fsp3) is 0.444. The van der Waals surface area contributed by atoms with Gasteiger partial charge in [0.05, 0.1) is 12.2 Å². The average molecular weight is 196 g/mol. The summed E-state index contributed by atoms with van der Waals surface area (Å²) < 4.78 is 5.48. The van der Waals surface area contributed by atoms with Crippen LogP contribution in [0.15, 0.2) is 6.20 Å². The summed E-state index contributed by atoms with van der Waals surface area (Å²) in [4.78, 5) is 15.5. The van der Waals surface area contributed by atoms with E-state index < -0.39 is 5.97 Å². The Bertz CT molecular complexity index is 372. The largest absolute Gasteiger partial charge is 0.484 e. The zero-order valence-electron chi connectivity index (χ0n) is 8.07. The highest BCUT2D eigenvalue weighted by atomic mass is 16.5. The van der Waals surface area contributed by atoms with Gasteiger partial charge < -0.3 is 19.7 Å². The second-order valence-corrected chi connectivity index (χ2v) is 3.49. The van der Waals surface area contributed by atoms with Gasteiger partial charge in [0.2, 0.25) is 0 Å². The average Bonchev–Trinajstić information content (AvgIpc) is 2.47. The smallest absolute Gasteiger partial charge is 0.356 e. The van der Waals surface area contributed by atoms with Gasteiger partial charge in [-0.15, -0.1) is 0 Å². The Morgan fingerprint density at radius 3 is 3.14 bits per heavy atom. The standard InChI is InChI=1S/C9H12N2O3/c1-5-4-11(2)6-3-10-7(9(12)13)8(6)14-5/h3,5,10H,4H2,1-2H3,(H,12,13). The van der Waals surface area contributed by atoms with Crippen LogP contribution >= 0.6 is 0 Å². The predicted molar refractivity (Wildman–Crippen MR) is 51.1 cm³/mol. The number of likely N-dealkylation sites (N-methyl/N-ethyl adjacent to an activating group) is 1. The molecule has 2 heterocycles. The maximum absolute atomic E-state index is 10.8. The number of fused-ring (bicyclic) bond motifs is 1.